The van der Waals surface area contributed by atoms with E-state index in [-0.39, 0.29) is 18.4 Å². The summed E-state index contributed by atoms with van der Waals surface area (Å²) in [5, 5.41) is 3.07. The van der Waals surface area contributed by atoms with Gasteiger partial charge in [0.05, 0.1) is 17.2 Å². The summed E-state index contributed by atoms with van der Waals surface area (Å²) in [5.41, 5.74) is 3.52. The molecule has 2 aliphatic heterocycles. The second-order valence-corrected chi connectivity index (χ2v) is 8.35. The number of imide groups is 1. The highest BCUT2D eigenvalue weighted by Gasteiger charge is 2.44. The molecule has 2 atom stereocenters. The summed E-state index contributed by atoms with van der Waals surface area (Å²) in [6.45, 7) is 0. The Labute approximate surface area is 181 Å². The number of fused-ring (bicyclic) bond motifs is 2. The first-order valence-electron chi connectivity index (χ1n) is 9.65. The predicted molar refractivity (Wildman–Crippen MR) is 115 cm³/mol. The Morgan fingerprint density at radius 1 is 0.800 bits per heavy atom. The van der Waals surface area contributed by atoms with Gasteiger partial charge < -0.3 is 5.32 Å². The molecular weight excluding hydrogens is 444 g/mol. The number of rotatable bonds is 2. The van der Waals surface area contributed by atoms with Crippen LogP contribution in [0.4, 0.5) is 0 Å². The third kappa shape index (κ3) is 2.95. The van der Waals surface area contributed by atoms with Crippen molar-refractivity contribution in [2.24, 2.45) is 0 Å². The highest BCUT2D eigenvalue weighted by atomic mass is 79.9. The maximum absolute atomic E-state index is 13.3. The van der Waals surface area contributed by atoms with Crippen molar-refractivity contribution in [1.29, 1.82) is 0 Å². The zero-order chi connectivity index (χ0) is 20.8. The SMILES string of the molecule is O=C1NC(c2ccc(Br)cc2)c2ccccc2C[C@@H]1N1C(=O)c2ccccc2C1=O. The average Bonchev–Trinajstić information content (AvgIpc) is 2.92. The van der Waals surface area contributed by atoms with Crippen LogP contribution in [-0.4, -0.2) is 28.7 Å². The monoisotopic (exact) mass is 460 g/mol. The van der Waals surface area contributed by atoms with Crippen LogP contribution >= 0.6 is 15.9 Å². The van der Waals surface area contributed by atoms with E-state index in [0.29, 0.717) is 11.1 Å². The van der Waals surface area contributed by atoms with E-state index in [0.717, 1.165) is 26.1 Å². The van der Waals surface area contributed by atoms with Crippen LogP contribution in [0.5, 0.6) is 0 Å². The van der Waals surface area contributed by atoms with Gasteiger partial charge in [-0.15, -0.1) is 0 Å². The molecule has 5 rings (SSSR count). The highest BCUT2D eigenvalue weighted by Crippen LogP contribution is 2.33. The molecule has 0 radical (unpaired) electrons. The Kier molecular flexibility index (Phi) is 4.51. The summed E-state index contributed by atoms with van der Waals surface area (Å²) < 4.78 is 0.948. The topological polar surface area (TPSA) is 66.5 Å². The van der Waals surface area contributed by atoms with E-state index < -0.39 is 17.9 Å². The third-order valence-electron chi connectivity index (χ3n) is 5.71. The number of carbonyl (C=O) groups is 3. The quantitative estimate of drug-likeness (QED) is 0.590. The highest BCUT2D eigenvalue weighted by molar-refractivity contribution is 9.10. The fourth-order valence-electron chi connectivity index (χ4n) is 4.24. The van der Waals surface area contributed by atoms with Gasteiger partial charge >= 0.3 is 0 Å². The van der Waals surface area contributed by atoms with Crippen molar-refractivity contribution >= 4 is 33.7 Å². The Morgan fingerprint density at radius 3 is 2.07 bits per heavy atom. The summed E-state index contributed by atoms with van der Waals surface area (Å²) in [6.07, 6.45) is 0.278. The minimum Gasteiger partial charge on any atom is -0.343 e. The summed E-state index contributed by atoms with van der Waals surface area (Å²) >= 11 is 3.44. The molecule has 30 heavy (non-hydrogen) atoms. The van der Waals surface area contributed by atoms with E-state index in [2.05, 4.69) is 21.2 Å². The van der Waals surface area contributed by atoms with E-state index in [1.165, 1.54) is 0 Å². The first kappa shape index (κ1) is 18.8. The first-order valence-corrected chi connectivity index (χ1v) is 10.4. The van der Waals surface area contributed by atoms with Gasteiger partial charge in [-0.25, -0.2) is 0 Å². The second-order valence-electron chi connectivity index (χ2n) is 7.44. The molecule has 3 amide bonds. The molecule has 1 N–H and O–H groups in total. The number of nitrogens with zero attached hydrogens (tertiary/aromatic N) is 1. The number of benzene rings is 3. The maximum atomic E-state index is 13.3. The van der Waals surface area contributed by atoms with Gasteiger partial charge in [0, 0.05) is 10.9 Å². The minimum absolute atomic E-state index is 0.278. The van der Waals surface area contributed by atoms with Gasteiger partial charge in [0.25, 0.3) is 11.8 Å². The molecular formula is C24H17BrN2O3. The van der Waals surface area contributed by atoms with Gasteiger partial charge in [0.15, 0.2) is 0 Å². The lowest BCUT2D eigenvalue weighted by Gasteiger charge is -2.24. The normalized spacial score (nSPS) is 20.4. The van der Waals surface area contributed by atoms with E-state index in [9.17, 15) is 14.4 Å². The minimum atomic E-state index is -0.904. The smallest absolute Gasteiger partial charge is 0.262 e. The lowest BCUT2D eigenvalue weighted by Crippen LogP contribution is -2.50. The molecule has 6 heteroatoms. The van der Waals surface area contributed by atoms with Gasteiger partial charge in [0.2, 0.25) is 5.91 Å². The number of halogens is 1. The molecule has 3 aromatic carbocycles. The maximum Gasteiger partial charge on any atom is 0.262 e. The van der Waals surface area contributed by atoms with Crippen molar-refractivity contribution in [1.82, 2.24) is 10.2 Å². The molecule has 0 spiro atoms. The predicted octanol–water partition coefficient (Wildman–Crippen LogP) is 3.88. The van der Waals surface area contributed by atoms with E-state index >= 15 is 0 Å². The molecule has 0 saturated heterocycles. The first-order chi connectivity index (χ1) is 14.5. The molecule has 0 bridgehead atoms. The number of hydrogen-bond donors (Lipinski definition) is 1. The molecule has 0 fully saturated rings. The van der Waals surface area contributed by atoms with Crippen molar-refractivity contribution in [3.63, 3.8) is 0 Å². The average molecular weight is 461 g/mol. The van der Waals surface area contributed by atoms with Gasteiger partial charge in [-0.1, -0.05) is 64.5 Å². The van der Waals surface area contributed by atoms with Crippen LogP contribution < -0.4 is 5.32 Å². The number of carbonyl (C=O) groups excluding carboxylic acids is 3. The lowest BCUT2D eigenvalue weighted by atomic mass is 9.93. The molecule has 5 nitrogen and oxygen atoms in total. The second kappa shape index (κ2) is 7.22. The fraction of sp³-hybridized carbons (Fsp3) is 0.125. The van der Waals surface area contributed by atoms with Crippen LogP contribution in [0.1, 0.15) is 43.4 Å². The van der Waals surface area contributed by atoms with Crippen LogP contribution in [0.15, 0.2) is 77.3 Å². The molecule has 1 unspecified atom stereocenters. The van der Waals surface area contributed by atoms with Crippen molar-refractivity contribution in [2.45, 2.75) is 18.5 Å². The van der Waals surface area contributed by atoms with Crippen LogP contribution in [-0.2, 0) is 11.2 Å². The number of hydrogen-bond acceptors (Lipinski definition) is 3. The molecule has 0 saturated carbocycles. The van der Waals surface area contributed by atoms with E-state index in [1.54, 1.807) is 24.3 Å². The van der Waals surface area contributed by atoms with Crippen molar-refractivity contribution in [3.05, 3.63) is 105 Å². The Hall–Kier alpha value is -3.25. The van der Waals surface area contributed by atoms with Gasteiger partial charge in [-0.3, -0.25) is 19.3 Å². The van der Waals surface area contributed by atoms with Crippen molar-refractivity contribution in [2.75, 3.05) is 0 Å². The van der Waals surface area contributed by atoms with Gasteiger partial charge in [0.1, 0.15) is 6.04 Å². The van der Waals surface area contributed by atoms with Crippen molar-refractivity contribution in [3.8, 4) is 0 Å². The molecule has 3 aromatic rings. The molecule has 2 heterocycles. The molecule has 0 aromatic heterocycles. The number of amides is 3. The fourth-order valence-corrected chi connectivity index (χ4v) is 4.50. The largest absolute Gasteiger partial charge is 0.343 e. The Balaban J connectivity index is 1.57. The zero-order valence-corrected chi connectivity index (χ0v) is 17.4. The molecule has 2 aliphatic rings. The van der Waals surface area contributed by atoms with Crippen LogP contribution in [0, 0.1) is 0 Å². The standard InChI is InChI=1S/C24H17BrN2O3/c25-16-11-9-14(10-12-16)21-17-6-2-1-5-15(17)13-20(22(28)26-21)27-23(29)18-7-3-4-8-19(18)24(27)30/h1-12,20-21H,13H2,(H,26,28)/t20-,21?/m0/s1. The lowest BCUT2D eigenvalue weighted by molar-refractivity contribution is -0.125. The summed E-state index contributed by atoms with van der Waals surface area (Å²) in [5.74, 6) is -1.18. The Morgan fingerprint density at radius 2 is 1.40 bits per heavy atom. The van der Waals surface area contributed by atoms with Crippen LogP contribution in [0.2, 0.25) is 0 Å². The van der Waals surface area contributed by atoms with Crippen LogP contribution in [0.3, 0.4) is 0 Å². The van der Waals surface area contributed by atoms with E-state index in [1.807, 2.05) is 48.5 Å². The van der Waals surface area contributed by atoms with Crippen molar-refractivity contribution < 1.29 is 14.4 Å². The zero-order valence-electron chi connectivity index (χ0n) is 15.8. The Bertz CT molecular complexity index is 1150. The summed E-state index contributed by atoms with van der Waals surface area (Å²) in [4.78, 5) is 40.4. The summed E-state index contributed by atoms with van der Waals surface area (Å²) in [7, 11) is 0. The molecule has 148 valence electrons. The third-order valence-corrected chi connectivity index (χ3v) is 6.24. The van der Waals surface area contributed by atoms with E-state index in [4.69, 9.17) is 0 Å². The van der Waals surface area contributed by atoms with Gasteiger partial charge in [-0.2, -0.15) is 0 Å². The molecule has 0 aliphatic carbocycles. The number of nitrogens with one attached hydrogen (secondary N) is 1. The summed E-state index contributed by atoms with van der Waals surface area (Å²) in [6, 6.07) is 21.0. The van der Waals surface area contributed by atoms with Crippen LogP contribution in [0.25, 0.3) is 0 Å². The van der Waals surface area contributed by atoms with Gasteiger partial charge in [-0.05, 0) is 41.0 Å².